The van der Waals surface area contributed by atoms with Gasteiger partial charge in [-0.05, 0) is 29.8 Å². The van der Waals surface area contributed by atoms with Crippen LogP contribution in [0.1, 0.15) is 12.5 Å². The lowest BCUT2D eigenvalue weighted by Crippen LogP contribution is -2.09. The number of aromatic hydroxyl groups is 1. The summed E-state index contributed by atoms with van der Waals surface area (Å²) in [7, 11) is 0. The third-order valence-corrected chi connectivity index (χ3v) is 2.80. The summed E-state index contributed by atoms with van der Waals surface area (Å²) in [5, 5.41) is 14.8. The summed E-state index contributed by atoms with van der Waals surface area (Å²) in [5.41, 5.74) is 1.64. The maximum absolute atomic E-state index is 11.9. The lowest BCUT2D eigenvalue weighted by molar-refractivity contribution is -0.114. The molecule has 0 heterocycles. The molecule has 0 aliphatic rings. The van der Waals surface area contributed by atoms with Gasteiger partial charge in [-0.15, -0.1) is 0 Å². The Morgan fingerprint density at radius 2 is 1.77 bits per heavy atom. The molecule has 2 aromatic rings. The van der Waals surface area contributed by atoms with Gasteiger partial charge in [-0.1, -0.05) is 30.3 Å². The maximum Gasteiger partial charge on any atom is 0.248 e. The predicted octanol–water partition coefficient (Wildman–Crippen LogP) is 3.00. The molecule has 0 aliphatic carbocycles. The van der Waals surface area contributed by atoms with Gasteiger partial charge in [0.2, 0.25) is 11.8 Å². The number of carbonyl (C=O) groups excluding carboxylic acids is 2. The highest BCUT2D eigenvalue weighted by atomic mass is 16.3. The average Bonchev–Trinajstić information content (AvgIpc) is 2.49. The van der Waals surface area contributed by atoms with Gasteiger partial charge < -0.3 is 15.7 Å². The lowest BCUT2D eigenvalue weighted by Gasteiger charge is -2.08. The van der Waals surface area contributed by atoms with Crippen molar-refractivity contribution >= 4 is 29.3 Å². The van der Waals surface area contributed by atoms with Crippen molar-refractivity contribution in [3.8, 4) is 5.75 Å². The van der Waals surface area contributed by atoms with Crippen LogP contribution in [-0.4, -0.2) is 16.9 Å². The fourth-order valence-corrected chi connectivity index (χ4v) is 1.82. The van der Waals surface area contributed by atoms with Crippen LogP contribution >= 0.6 is 0 Å². The van der Waals surface area contributed by atoms with Crippen LogP contribution in [0.2, 0.25) is 0 Å². The molecule has 0 aromatic heterocycles. The summed E-state index contributed by atoms with van der Waals surface area (Å²) < 4.78 is 0. The number of anilines is 2. The van der Waals surface area contributed by atoms with Gasteiger partial charge >= 0.3 is 0 Å². The van der Waals surface area contributed by atoms with Crippen LogP contribution in [0.5, 0.6) is 5.75 Å². The molecule has 5 nitrogen and oxygen atoms in total. The molecule has 0 spiro atoms. The Bertz CT molecular complexity index is 709. The van der Waals surface area contributed by atoms with Crippen LogP contribution in [0.25, 0.3) is 6.08 Å². The average molecular weight is 296 g/mol. The minimum Gasteiger partial charge on any atom is -0.506 e. The Morgan fingerprint density at radius 3 is 2.45 bits per heavy atom. The molecule has 2 rings (SSSR count). The molecule has 0 aliphatic heterocycles. The lowest BCUT2D eigenvalue weighted by atomic mass is 10.2. The zero-order valence-electron chi connectivity index (χ0n) is 12.0. The van der Waals surface area contributed by atoms with Gasteiger partial charge in [-0.25, -0.2) is 0 Å². The van der Waals surface area contributed by atoms with Gasteiger partial charge in [-0.3, -0.25) is 9.59 Å². The number of carbonyl (C=O) groups is 2. The molecule has 5 heteroatoms. The van der Waals surface area contributed by atoms with E-state index >= 15 is 0 Å². The summed E-state index contributed by atoms with van der Waals surface area (Å²) in [6, 6.07) is 13.9. The van der Waals surface area contributed by atoms with Gasteiger partial charge in [0.15, 0.2) is 0 Å². The van der Waals surface area contributed by atoms with E-state index in [4.69, 9.17) is 0 Å². The van der Waals surface area contributed by atoms with E-state index in [0.717, 1.165) is 5.56 Å². The summed E-state index contributed by atoms with van der Waals surface area (Å²) >= 11 is 0. The first-order chi connectivity index (χ1) is 10.5. The van der Waals surface area contributed by atoms with E-state index in [1.165, 1.54) is 25.1 Å². The SMILES string of the molecule is CC(=O)Nc1cc(NC(=O)/C=C/c2ccccc2)ccc1O. The first-order valence-corrected chi connectivity index (χ1v) is 6.69. The molecule has 0 unspecified atom stereocenters. The van der Waals surface area contributed by atoms with Crippen molar-refractivity contribution in [2.75, 3.05) is 10.6 Å². The second-order valence-electron chi connectivity index (χ2n) is 4.65. The molecule has 0 bridgehead atoms. The summed E-state index contributed by atoms with van der Waals surface area (Å²) in [5.74, 6) is -0.668. The molecule has 3 N–H and O–H groups in total. The number of phenols is 1. The molecule has 2 amide bonds. The van der Waals surface area contributed by atoms with E-state index in [9.17, 15) is 14.7 Å². The second-order valence-corrected chi connectivity index (χ2v) is 4.65. The Labute approximate surface area is 128 Å². The third-order valence-electron chi connectivity index (χ3n) is 2.80. The van der Waals surface area contributed by atoms with Gasteiger partial charge in [0.25, 0.3) is 0 Å². The Kier molecular flexibility index (Phi) is 4.93. The van der Waals surface area contributed by atoms with Crippen molar-refractivity contribution in [3.05, 3.63) is 60.2 Å². The van der Waals surface area contributed by atoms with Gasteiger partial charge in [0, 0.05) is 18.7 Å². The normalized spacial score (nSPS) is 10.4. The van der Waals surface area contributed by atoms with Gasteiger partial charge in [0.1, 0.15) is 5.75 Å². The minimum absolute atomic E-state index is 0.0620. The maximum atomic E-state index is 11.9. The number of phenolic OH excluding ortho intramolecular Hbond substituents is 1. The second kappa shape index (κ2) is 7.08. The summed E-state index contributed by atoms with van der Waals surface area (Å²) in [6.45, 7) is 1.34. The predicted molar refractivity (Wildman–Crippen MR) is 86.5 cm³/mol. The van der Waals surface area contributed by atoms with Crippen LogP contribution in [-0.2, 0) is 9.59 Å². The van der Waals surface area contributed by atoms with Crippen molar-refractivity contribution in [2.24, 2.45) is 0 Å². The molecule has 0 radical (unpaired) electrons. The van der Waals surface area contributed by atoms with Crippen molar-refractivity contribution < 1.29 is 14.7 Å². The highest BCUT2D eigenvalue weighted by Crippen LogP contribution is 2.26. The van der Waals surface area contributed by atoms with Crippen LogP contribution < -0.4 is 10.6 Å². The highest BCUT2D eigenvalue weighted by Gasteiger charge is 2.05. The third kappa shape index (κ3) is 4.49. The first-order valence-electron chi connectivity index (χ1n) is 6.69. The van der Waals surface area contributed by atoms with Gasteiger partial charge in [0.05, 0.1) is 5.69 Å². The van der Waals surface area contributed by atoms with Crippen molar-refractivity contribution in [2.45, 2.75) is 6.92 Å². The summed E-state index contributed by atoms with van der Waals surface area (Å²) in [4.78, 5) is 22.9. The molecular formula is C17H16N2O3. The molecule has 2 aromatic carbocycles. The monoisotopic (exact) mass is 296 g/mol. The zero-order chi connectivity index (χ0) is 15.9. The molecule has 0 fully saturated rings. The number of rotatable bonds is 4. The molecule has 0 saturated carbocycles. The van der Waals surface area contributed by atoms with E-state index < -0.39 is 0 Å². The topological polar surface area (TPSA) is 78.4 Å². The number of hydrogen-bond donors (Lipinski definition) is 3. The van der Waals surface area contributed by atoms with Gasteiger partial charge in [-0.2, -0.15) is 0 Å². The largest absolute Gasteiger partial charge is 0.506 e. The van der Waals surface area contributed by atoms with E-state index in [1.54, 1.807) is 12.1 Å². The van der Waals surface area contributed by atoms with E-state index in [1.807, 2.05) is 30.3 Å². The van der Waals surface area contributed by atoms with Crippen LogP contribution in [0, 0.1) is 0 Å². The molecule has 112 valence electrons. The standard InChI is InChI=1S/C17H16N2O3/c1-12(20)18-15-11-14(8-9-16(15)21)19-17(22)10-7-13-5-3-2-4-6-13/h2-11,21H,1H3,(H,18,20)(H,19,22)/b10-7+. The number of nitrogens with one attached hydrogen (secondary N) is 2. The van der Waals surface area contributed by atoms with Crippen molar-refractivity contribution in [1.29, 1.82) is 0 Å². The fourth-order valence-electron chi connectivity index (χ4n) is 1.82. The zero-order valence-corrected chi connectivity index (χ0v) is 12.0. The molecular weight excluding hydrogens is 280 g/mol. The quantitative estimate of drug-likeness (QED) is 0.461. The summed E-state index contributed by atoms with van der Waals surface area (Å²) in [6.07, 6.45) is 3.12. The number of benzene rings is 2. The Balaban J connectivity index is 2.05. The van der Waals surface area contributed by atoms with Crippen molar-refractivity contribution in [3.63, 3.8) is 0 Å². The Morgan fingerprint density at radius 1 is 1.05 bits per heavy atom. The number of amides is 2. The van der Waals surface area contributed by atoms with E-state index in [-0.39, 0.29) is 23.3 Å². The van der Waals surface area contributed by atoms with E-state index in [0.29, 0.717) is 5.69 Å². The Hall–Kier alpha value is -3.08. The van der Waals surface area contributed by atoms with E-state index in [2.05, 4.69) is 10.6 Å². The minimum atomic E-state index is -0.303. The molecule has 0 atom stereocenters. The van der Waals surface area contributed by atoms with Crippen LogP contribution in [0.15, 0.2) is 54.6 Å². The number of hydrogen-bond acceptors (Lipinski definition) is 3. The highest BCUT2D eigenvalue weighted by molar-refractivity contribution is 6.02. The van der Waals surface area contributed by atoms with Crippen molar-refractivity contribution in [1.82, 2.24) is 0 Å². The molecule has 0 saturated heterocycles. The van der Waals surface area contributed by atoms with Crippen LogP contribution in [0.4, 0.5) is 11.4 Å². The fraction of sp³-hybridized carbons (Fsp3) is 0.0588. The molecule has 22 heavy (non-hydrogen) atoms. The first kappa shape index (κ1) is 15.3. The smallest absolute Gasteiger partial charge is 0.248 e. The van der Waals surface area contributed by atoms with Crippen LogP contribution in [0.3, 0.4) is 0 Å².